The van der Waals surface area contributed by atoms with Crippen molar-refractivity contribution in [2.45, 2.75) is 30.4 Å². The SMILES string of the molecule is CC(C)c1ccc(CS(=O)(=O)c2cc(Cl)ccc2N)cc1. The molecule has 0 fully saturated rings. The third-order valence-corrected chi connectivity index (χ3v) is 5.29. The molecule has 21 heavy (non-hydrogen) atoms. The van der Waals surface area contributed by atoms with E-state index in [4.69, 9.17) is 17.3 Å². The summed E-state index contributed by atoms with van der Waals surface area (Å²) in [5.41, 5.74) is 7.89. The van der Waals surface area contributed by atoms with Crippen LogP contribution >= 0.6 is 11.6 Å². The number of sulfone groups is 1. The van der Waals surface area contributed by atoms with Gasteiger partial charge in [0.1, 0.15) is 0 Å². The molecule has 0 amide bonds. The fourth-order valence-electron chi connectivity index (χ4n) is 2.07. The zero-order valence-corrected chi connectivity index (χ0v) is 13.6. The maximum atomic E-state index is 12.5. The van der Waals surface area contributed by atoms with Crippen LogP contribution in [0.3, 0.4) is 0 Å². The van der Waals surface area contributed by atoms with Crippen LogP contribution in [0.25, 0.3) is 0 Å². The Morgan fingerprint density at radius 3 is 2.29 bits per heavy atom. The highest BCUT2D eigenvalue weighted by atomic mass is 35.5. The van der Waals surface area contributed by atoms with Gasteiger partial charge in [0.25, 0.3) is 0 Å². The fraction of sp³-hybridized carbons (Fsp3) is 0.250. The van der Waals surface area contributed by atoms with Gasteiger partial charge in [-0.15, -0.1) is 0 Å². The summed E-state index contributed by atoms with van der Waals surface area (Å²) < 4.78 is 24.9. The van der Waals surface area contributed by atoms with Crippen molar-refractivity contribution in [1.29, 1.82) is 0 Å². The van der Waals surface area contributed by atoms with Crippen LogP contribution in [0.2, 0.25) is 5.02 Å². The number of nitrogen functional groups attached to an aromatic ring is 1. The summed E-state index contributed by atoms with van der Waals surface area (Å²) in [7, 11) is -3.51. The van der Waals surface area contributed by atoms with Crippen LogP contribution in [0.15, 0.2) is 47.4 Å². The lowest BCUT2D eigenvalue weighted by atomic mass is 10.0. The van der Waals surface area contributed by atoms with E-state index >= 15 is 0 Å². The first kappa shape index (κ1) is 15.9. The highest BCUT2D eigenvalue weighted by molar-refractivity contribution is 7.90. The number of nitrogens with two attached hydrogens (primary N) is 1. The lowest BCUT2D eigenvalue weighted by Gasteiger charge is -2.10. The smallest absolute Gasteiger partial charge is 0.184 e. The topological polar surface area (TPSA) is 60.2 Å². The average molecular weight is 324 g/mol. The predicted molar refractivity (Wildman–Crippen MR) is 87.3 cm³/mol. The summed E-state index contributed by atoms with van der Waals surface area (Å²) in [6, 6.07) is 12.1. The van der Waals surface area contributed by atoms with Gasteiger partial charge in [-0.1, -0.05) is 49.7 Å². The quantitative estimate of drug-likeness (QED) is 0.864. The second-order valence-corrected chi connectivity index (χ2v) is 7.73. The van der Waals surface area contributed by atoms with Crippen molar-refractivity contribution in [3.8, 4) is 0 Å². The molecule has 2 aromatic carbocycles. The van der Waals surface area contributed by atoms with Crippen LogP contribution < -0.4 is 5.73 Å². The average Bonchev–Trinajstić information content (AvgIpc) is 2.41. The van der Waals surface area contributed by atoms with Gasteiger partial charge < -0.3 is 5.73 Å². The molecule has 0 bridgehead atoms. The standard InChI is InChI=1S/C16H18ClNO2S/c1-11(2)13-5-3-12(4-6-13)10-21(19,20)16-9-14(17)7-8-15(16)18/h3-9,11H,10,18H2,1-2H3. The summed E-state index contributed by atoms with van der Waals surface area (Å²) in [5.74, 6) is 0.329. The Balaban J connectivity index is 2.31. The second-order valence-electron chi connectivity index (χ2n) is 5.34. The maximum absolute atomic E-state index is 12.5. The van der Waals surface area contributed by atoms with Crippen molar-refractivity contribution in [2.75, 3.05) is 5.73 Å². The van der Waals surface area contributed by atoms with Crippen molar-refractivity contribution in [1.82, 2.24) is 0 Å². The Morgan fingerprint density at radius 1 is 1.10 bits per heavy atom. The zero-order chi connectivity index (χ0) is 15.6. The maximum Gasteiger partial charge on any atom is 0.184 e. The number of anilines is 1. The van der Waals surface area contributed by atoms with Gasteiger partial charge in [-0.3, -0.25) is 0 Å². The Morgan fingerprint density at radius 2 is 1.71 bits per heavy atom. The summed E-state index contributed by atoms with van der Waals surface area (Å²) in [6.45, 7) is 4.19. The second kappa shape index (κ2) is 6.08. The lowest BCUT2D eigenvalue weighted by molar-refractivity contribution is 0.595. The molecule has 0 radical (unpaired) electrons. The molecule has 112 valence electrons. The first-order valence-corrected chi connectivity index (χ1v) is 8.69. The molecule has 0 atom stereocenters. The largest absolute Gasteiger partial charge is 0.398 e. The van der Waals surface area contributed by atoms with Gasteiger partial charge in [-0.05, 0) is 35.2 Å². The normalized spacial score (nSPS) is 11.8. The number of halogens is 1. The van der Waals surface area contributed by atoms with Gasteiger partial charge in [0.2, 0.25) is 0 Å². The number of hydrogen-bond acceptors (Lipinski definition) is 3. The van der Waals surface area contributed by atoms with E-state index in [9.17, 15) is 8.42 Å². The monoisotopic (exact) mass is 323 g/mol. The van der Waals surface area contributed by atoms with Crippen molar-refractivity contribution in [3.05, 3.63) is 58.6 Å². The number of benzene rings is 2. The van der Waals surface area contributed by atoms with Gasteiger partial charge in [-0.2, -0.15) is 0 Å². The summed E-state index contributed by atoms with van der Waals surface area (Å²) in [6.07, 6.45) is 0. The molecule has 2 aromatic rings. The summed E-state index contributed by atoms with van der Waals surface area (Å²) >= 11 is 5.86. The molecule has 0 saturated heterocycles. The molecule has 2 rings (SSSR count). The summed E-state index contributed by atoms with van der Waals surface area (Å²) in [5, 5.41) is 0.359. The number of hydrogen-bond donors (Lipinski definition) is 1. The third-order valence-electron chi connectivity index (χ3n) is 3.31. The van der Waals surface area contributed by atoms with Crippen LogP contribution in [0.5, 0.6) is 0 Å². The van der Waals surface area contributed by atoms with E-state index in [1.54, 1.807) is 6.07 Å². The molecule has 0 aromatic heterocycles. The molecular formula is C16H18ClNO2S. The molecule has 0 aliphatic heterocycles. The molecule has 0 spiro atoms. The Labute approximate surface area is 130 Å². The van der Waals surface area contributed by atoms with E-state index in [0.29, 0.717) is 10.9 Å². The Kier molecular flexibility index (Phi) is 4.59. The van der Waals surface area contributed by atoms with Crippen LogP contribution in [0.1, 0.15) is 30.9 Å². The molecule has 0 aliphatic carbocycles. The van der Waals surface area contributed by atoms with Gasteiger partial charge in [0.05, 0.1) is 16.3 Å². The van der Waals surface area contributed by atoms with Crippen molar-refractivity contribution < 1.29 is 8.42 Å². The van der Waals surface area contributed by atoms with E-state index in [1.807, 2.05) is 24.3 Å². The summed E-state index contributed by atoms with van der Waals surface area (Å²) in [4.78, 5) is 0.0861. The van der Waals surface area contributed by atoms with Crippen LogP contribution in [-0.2, 0) is 15.6 Å². The van der Waals surface area contributed by atoms with E-state index in [0.717, 1.165) is 5.56 Å². The van der Waals surface area contributed by atoms with E-state index in [2.05, 4.69) is 13.8 Å². The molecule has 3 nitrogen and oxygen atoms in total. The Hall–Kier alpha value is -1.52. The van der Waals surface area contributed by atoms with Gasteiger partial charge in [0.15, 0.2) is 9.84 Å². The first-order chi connectivity index (χ1) is 9.79. The van der Waals surface area contributed by atoms with E-state index in [-0.39, 0.29) is 16.3 Å². The molecule has 2 N–H and O–H groups in total. The minimum Gasteiger partial charge on any atom is -0.398 e. The third kappa shape index (κ3) is 3.77. The fourth-order valence-corrected chi connectivity index (χ4v) is 3.83. The zero-order valence-electron chi connectivity index (χ0n) is 12.0. The van der Waals surface area contributed by atoms with Crippen molar-refractivity contribution >= 4 is 27.1 Å². The molecule has 0 unspecified atom stereocenters. The first-order valence-electron chi connectivity index (χ1n) is 6.66. The predicted octanol–water partition coefficient (Wildman–Crippen LogP) is 4.02. The molecular weight excluding hydrogens is 306 g/mol. The van der Waals surface area contributed by atoms with Gasteiger partial charge >= 0.3 is 0 Å². The lowest BCUT2D eigenvalue weighted by Crippen LogP contribution is -2.08. The highest BCUT2D eigenvalue weighted by Gasteiger charge is 2.19. The highest BCUT2D eigenvalue weighted by Crippen LogP contribution is 2.26. The van der Waals surface area contributed by atoms with Crippen LogP contribution in [0, 0.1) is 0 Å². The van der Waals surface area contributed by atoms with Gasteiger partial charge in [0, 0.05) is 5.02 Å². The number of rotatable bonds is 4. The van der Waals surface area contributed by atoms with Crippen molar-refractivity contribution in [3.63, 3.8) is 0 Å². The Bertz CT molecular complexity index is 737. The van der Waals surface area contributed by atoms with Crippen LogP contribution in [0.4, 0.5) is 5.69 Å². The molecule has 0 saturated carbocycles. The minimum atomic E-state index is -3.51. The van der Waals surface area contributed by atoms with E-state index in [1.165, 1.54) is 17.7 Å². The van der Waals surface area contributed by atoms with E-state index < -0.39 is 9.84 Å². The van der Waals surface area contributed by atoms with Gasteiger partial charge in [-0.25, -0.2) is 8.42 Å². The molecule has 0 aliphatic rings. The van der Waals surface area contributed by atoms with Crippen molar-refractivity contribution in [2.24, 2.45) is 0 Å². The minimum absolute atomic E-state index is 0.0861. The molecule has 5 heteroatoms. The molecule has 0 heterocycles. The van der Waals surface area contributed by atoms with Crippen LogP contribution in [-0.4, -0.2) is 8.42 Å².